The van der Waals surface area contributed by atoms with Crippen molar-refractivity contribution in [1.82, 2.24) is 9.97 Å². The normalized spacial score (nSPS) is 11.2. The van der Waals surface area contributed by atoms with Crippen LogP contribution in [0.15, 0.2) is 60.8 Å². The maximum absolute atomic E-state index is 13.4. The summed E-state index contributed by atoms with van der Waals surface area (Å²) in [4.78, 5) is 9.51. The Morgan fingerprint density at radius 3 is 2.38 bits per heavy atom. The first-order chi connectivity index (χ1) is 13.9. The lowest BCUT2D eigenvalue weighted by Gasteiger charge is -2.22. The van der Waals surface area contributed by atoms with Crippen molar-refractivity contribution in [3.05, 3.63) is 66.4 Å². The highest BCUT2D eigenvalue weighted by molar-refractivity contribution is 5.65. The third-order valence-electron chi connectivity index (χ3n) is 3.99. The van der Waals surface area contributed by atoms with Crippen molar-refractivity contribution >= 4 is 11.6 Å². The average molecular weight is 403 g/mol. The molecule has 29 heavy (non-hydrogen) atoms. The van der Waals surface area contributed by atoms with Crippen LogP contribution in [0.5, 0.6) is 17.4 Å². The first-order valence-electron chi connectivity index (χ1n) is 9.03. The molecule has 0 amide bonds. The van der Waals surface area contributed by atoms with E-state index in [1.54, 1.807) is 60.5 Å². The molecule has 2 aromatic carbocycles. The summed E-state index contributed by atoms with van der Waals surface area (Å²) in [5.74, 6) is 0.326. The van der Waals surface area contributed by atoms with E-state index in [0.717, 1.165) is 12.6 Å². The van der Waals surface area contributed by atoms with Gasteiger partial charge in [-0.15, -0.1) is 0 Å². The fraction of sp³-hybridized carbons (Fsp3) is 0.238. The minimum absolute atomic E-state index is 0.0523. The molecule has 0 N–H and O–H groups in total. The van der Waals surface area contributed by atoms with Gasteiger partial charge in [0.1, 0.15) is 17.1 Å². The van der Waals surface area contributed by atoms with Crippen molar-refractivity contribution in [2.24, 2.45) is 0 Å². The molecule has 8 heteroatoms. The van der Waals surface area contributed by atoms with E-state index in [9.17, 15) is 13.2 Å². The highest BCUT2D eigenvalue weighted by Gasteiger charge is 2.37. The average Bonchev–Trinajstić information content (AvgIpc) is 2.72. The van der Waals surface area contributed by atoms with E-state index in [1.807, 2.05) is 13.0 Å². The van der Waals surface area contributed by atoms with Crippen LogP contribution < -0.4 is 14.4 Å². The Hall–Kier alpha value is -3.29. The van der Waals surface area contributed by atoms with Crippen molar-refractivity contribution < 1.29 is 22.6 Å². The number of benzene rings is 2. The van der Waals surface area contributed by atoms with Crippen molar-refractivity contribution in [1.29, 1.82) is 0 Å². The van der Waals surface area contributed by atoms with E-state index in [0.29, 0.717) is 18.0 Å². The molecular weight excluding hydrogens is 383 g/mol. The standard InChI is InChI=1S/C21H20F3N3O2/c1-3-13-28-18-12-8-7-11-17(18)27(2)20-25-14-16(21(22,23)24)19(26-20)29-15-9-5-4-6-10-15/h4-12,14H,3,13H2,1-2H3. The van der Waals surface area contributed by atoms with E-state index in [4.69, 9.17) is 9.47 Å². The highest BCUT2D eigenvalue weighted by Crippen LogP contribution is 2.38. The molecular formula is C21H20F3N3O2. The van der Waals surface area contributed by atoms with Crippen LogP contribution in [0.25, 0.3) is 0 Å². The fourth-order valence-electron chi connectivity index (χ4n) is 2.57. The van der Waals surface area contributed by atoms with Crippen molar-refractivity contribution in [2.75, 3.05) is 18.6 Å². The van der Waals surface area contributed by atoms with Gasteiger partial charge in [0.05, 0.1) is 12.3 Å². The maximum atomic E-state index is 13.4. The fourth-order valence-corrected chi connectivity index (χ4v) is 2.57. The van der Waals surface area contributed by atoms with Gasteiger partial charge >= 0.3 is 6.18 Å². The van der Waals surface area contributed by atoms with Crippen LogP contribution in [0.1, 0.15) is 18.9 Å². The molecule has 0 saturated carbocycles. The van der Waals surface area contributed by atoms with Crippen LogP contribution in [0.2, 0.25) is 0 Å². The topological polar surface area (TPSA) is 47.5 Å². The molecule has 1 heterocycles. The molecule has 3 aromatic rings. The Labute approximate surface area is 166 Å². The molecule has 152 valence electrons. The lowest BCUT2D eigenvalue weighted by molar-refractivity contribution is -0.139. The van der Waals surface area contributed by atoms with Gasteiger partial charge in [-0.2, -0.15) is 18.2 Å². The Morgan fingerprint density at radius 2 is 1.69 bits per heavy atom. The Bertz CT molecular complexity index is 949. The van der Waals surface area contributed by atoms with Crippen LogP contribution in [0, 0.1) is 0 Å². The molecule has 0 spiro atoms. The predicted octanol–water partition coefficient (Wildman–Crippen LogP) is 5.84. The van der Waals surface area contributed by atoms with Crippen LogP contribution in [-0.4, -0.2) is 23.6 Å². The van der Waals surface area contributed by atoms with Crippen LogP contribution in [0.4, 0.5) is 24.8 Å². The number of hydrogen-bond donors (Lipinski definition) is 0. The molecule has 0 saturated heterocycles. The number of para-hydroxylation sites is 3. The van der Waals surface area contributed by atoms with E-state index < -0.39 is 17.6 Å². The zero-order chi connectivity index (χ0) is 20.9. The SMILES string of the molecule is CCCOc1ccccc1N(C)c1ncc(C(F)(F)F)c(Oc2ccccc2)n1. The number of alkyl halides is 3. The summed E-state index contributed by atoms with van der Waals surface area (Å²) in [5, 5.41) is 0. The molecule has 1 aromatic heterocycles. The number of nitrogens with zero attached hydrogens (tertiary/aromatic N) is 3. The zero-order valence-electron chi connectivity index (χ0n) is 16.0. The number of halogens is 3. The van der Waals surface area contributed by atoms with Crippen molar-refractivity contribution in [3.63, 3.8) is 0 Å². The third-order valence-corrected chi connectivity index (χ3v) is 3.99. The monoisotopic (exact) mass is 403 g/mol. The largest absolute Gasteiger partial charge is 0.491 e. The number of ether oxygens (including phenoxy) is 2. The second-order valence-electron chi connectivity index (χ2n) is 6.18. The van der Waals surface area contributed by atoms with Gasteiger partial charge < -0.3 is 14.4 Å². The first-order valence-corrected chi connectivity index (χ1v) is 9.03. The van der Waals surface area contributed by atoms with E-state index in [2.05, 4.69) is 9.97 Å². The molecule has 3 rings (SSSR count). The number of rotatable bonds is 7. The second-order valence-corrected chi connectivity index (χ2v) is 6.18. The van der Waals surface area contributed by atoms with E-state index in [1.165, 1.54) is 0 Å². The summed E-state index contributed by atoms with van der Waals surface area (Å²) < 4.78 is 51.4. The lowest BCUT2D eigenvalue weighted by Crippen LogP contribution is -2.17. The Morgan fingerprint density at radius 1 is 1.00 bits per heavy atom. The van der Waals surface area contributed by atoms with Crippen molar-refractivity contribution in [3.8, 4) is 17.4 Å². The molecule has 0 radical (unpaired) electrons. The molecule has 0 unspecified atom stereocenters. The van der Waals surface area contributed by atoms with E-state index in [-0.39, 0.29) is 11.7 Å². The molecule has 0 aliphatic carbocycles. The number of aromatic nitrogens is 2. The predicted molar refractivity (Wildman–Crippen MR) is 104 cm³/mol. The summed E-state index contributed by atoms with van der Waals surface area (Å²) >= 11 is 0. The van der Waals surface area contributed by atoms with Gasteiger partial charge in [-0.1, -0.05) is 37.3 Å². The quantitative estimate of drug-likeness (QED) is 0.496. The van der Waals surface area contributed by atoms with Crippen molar-refractivity contribution in [2.45, 2.75) is 19.5 Å². The summed E-state index contributed by atoms with van der Waals surface area (Å²) in [6.07, 6.45) is -3.10. The van der Waals surface area contributed by atoms with Gasteiger partial charge in [0.15, 0.2) is 0 Å². The van der Waals surface area contributed by atoms with Crippen LogP contribution >= 0.6 is 0 Å². The smallest absolute Gasteiger partial charge is 0.423 e. The minimum atomic E-state index is -4.65. The van der Waals surface area contributed by atoms with Gasteiger partial charge in [0.2, 0.25) is 11.8 Å². The molecule has 0 bridgehead atoms. The Balaban J connectivity index is 1.99. The first kappa shape index (κ1) is 20.4. The van der Waals surface area contributed by atoms with E-state index >= 15 is 0 Å². The maximum Gasteiger partial charge on any atom is 0.423 e. The highest BCUT2D eigenvalue weighted by atomic mass is 19.4. The van der Waals surface area contributed by atoms with Crippen LogP contribution in [0.3, 0.4) is 0 Å². The zero-order valence-corrected chi connectivity index (χ0v) is 16.0. The number of hydrogen-bond acceptors (Lipinski definition) is 5. The minimum Gasteiger partial charge on any atom is -0.491 e. The number of anilines is 2. The lowest BCUT2D eigenvalue weighted by atomic mass is 10.2. The van der Waals surface area contributed by atoms with Crippen LogP contribution in [-0.2, 0) is 6.18 Å². The summed E-state index contributed by atoms with van der Waals surface area (Å²) in [6.45, 7) is 2.50. The van der Waals surface area contributed by atoms with Gasteiger partial charge in [-0.3, -0.25) is 0 Å². The third kappa shape index (κ3) is 4.96. The summed E-state index contributed by atoms with van der Waals surface area (Å²) in [6, 6.07) is 15.4. The summed E-state index contributed by atoms with van der Waals surface area (Å²) in [7, 11) is 1.66. The molecule has 0 atom stereocenters. The second kappa shape index (κ2) is 8.81. The Kier molecular flexibility index (Phi) is 6.21. The van der Waals surface area contributed by atoms with Gasteiger partial charge in [0.25, 0.3) is 0 Å². The summed E-state index contributed by atoms with van der Waals surface area (Å²) in [5.41, 5.74) is -0.416. The van der Waals surface area contributed by atoms with Gasteiger partial charge in [-0.05, 0) is 30.7 Å². The molecule has 0 aliphatic heterocycles. The van der Waals surface area contributed by atoms with Gasteiger partial charge in [0, 0.05) is 13.2 Å². The molecule has 0 aliphatic rings. The molecule has 0 fully saturated rings. The van der Waals surface area contributed by atoms with Gasteiger partial charge in [-0.25, -0.2) is 4.98 Å². The molecule has 5 nitrogen and oxygen atoms in total.